The molecule has 2 aliphatic carbocycles. The molecule has 4 nitrogen and oxygen atoms in total. The van der Waals surface area contributed by atoms with Crippen molar-refractivity contribution >= 4 is 0 Å². The zero-order valence-corrected chi connectivity index (χ0v) is 13.8. The van der Waals surface area contributed by atoms with Crippen LogP contribution in [0.4, 0.5) is 0 Å². The first-order valence-electron chi connectivity index (χ1n) is 8.76. The number of nitrogens with zero attached hydrogens (tertiary/aromatic N) is 2. The summed E-state index contributed by atoms with van der Waals surface area (Å²) in [4.78, 5) is 10.7. The smallest absolute Gasteiger partial charge is 0.213 e. The summed E-state index contributed by atoms with van der Waals surface area (Å²) in [6.45, 7) is 4.60. The molecule has 0 spiro atoms. The summed E-state index contributed by atoms with van der Waals surface area (Å²) in [6.07, 6.45) is 9.97. The van der Waals surface area contributed by atoms with Crippen LogP contribution in [0.2, 0.25) is 0 Å². The van der Waals surface area contributed by atoms with Crippen LogP contribution in [-0.4, -0.2) is 11.0 Å². The maximum absolute atomic E-state index is 10.8. The van der Waals surface area contributed by atoms with Gasteiger partial charge in [0.1, 0.15) is 0 Å². The first-order chi connectivity index (χ1) is 10.5. The van der Waals surface area contributed by atoms with E-state index in [1.54, 1.807) is 0 Å². The molecular weight excluding hydrogens is 276 g/mol. The van der Waals surface area contributed by atoms with E-state index < -0.39 is 6.04 Å². The normalized spacial score (nSPS) is 33.5. The Kier molecular flexibility index (Phi) is 5.99. The predicted octanol–water partition coefficient (Wildman–Crippen LogP) is 4.73. The van der Waals surface area contributed by atoms with Crippen molar-refractivity contribution in [2.75, 3.05) is 0 Å². The minimum Gasteiger partial charge on any atom is -0.264 e. The van der Waals surface area contributed by atoms with Gasteiger partial charge in [0, 0.05) is 23.3 Å². The third kappa shape index (κ3) is 4.32. The molecule has 0 bridgehead atoms. The summed E-state index contributed by atoms with van der Waals surface area (Å²) in [5.41, 5.74) is 0.898. The average Bonchev–Trinajstić information content (AvgIpc) is 2.53. The minimum atomic E-state index is -0.391. The Balaban J connectivity index is 1.90. The van der Waals surface area contributed by atoms with Gasteiger partial charge in [0.15, 0.2) is 0 Å². The second kappa shape index (κ2) is 7.76. The number of rotatable bonds is 4. The lowest BCUT2D eigenvalue weighted by Gasteiger charge is -2.30. The summed E-state index contributed by atoms with van der Waals surface area (Å²) < 4.78 is 0. The Bertz CT molecular complexity index is 448. The standard InChI is InChI=1S/C18H28N2O2/c1-13(2)15-5-3-14(4-6-15)11-17(12-19)16-7-9-18(10-8-16)20(21)22/h11,13-16,18H,3-10H2,1-2H3/b17-11+. The van der Waals surface area contributed by atoms with Crippen LogP contribution in [0.25, 0.3) is 0 Å². The number of nitriles is 1. The van der Waals surface area contributed by atoms with Gasteiger partial charge in [-0.05, 0) is 62.2 Å². The second-order valence-electron chi connectivity index (χ2n) is 7.44. The average molecular weight is 304 g/mol. The SMILES string of the molecule is CC(C)C1CCC(/C=C(\C#N)C2CCC([N+](=O)[O-])CC2)CC1. The Hall–Kier alpha value is -1.37. The molecule has 0 aromatic carbocycles. The van der Waals surface area contributed by atoms with Crippen molar-refractivity contribution in [3.63, 3.8) is 0 Å². The number of hydrogen-bond donors (Lipinski definition) is 0. The molecule has 122 valence electrons. The lowest BCUT2D eigenvalue weighted by atomic mass is 9.75. The van der Waals surface area contributed by atoms with Crippen LogP contribution in [0.5, 0.6) is 0 Å². The van der Waals surface area contributed by atoms with Gasteiger partial charge >= 0.3 is 0 Å². The van der Waals surface area contributed by atoms with E-state index in [0.717, 1.165) is 30.3 Å². The van der Waals surface area contributed by atoms with Crippen LogP contribution in [0.3, 0.4) is 0 Å². The Morgan fingerprint density at radius 2 is 1.73 bits per heavy atom. The van der Waals surface area contributed by atoms with E-state index in [4.69, 9.17) is 0 Å². The largest absolute Gasteiger partial charge is 0.264 e. The summed E-state index contributed by atoms with van der Waals surface area (Å²) >= 11 is 0. The van der Waals surface area contributed by atoms with E-state index in [2.05, 4.69) is 26.0 Å². The van der Waals surface area contributed by atoms with Crippen molar-refractivity contribution in [3.8, 4) is 6.07 Å². The van der Waals surface area contributed by atoms with Crippen LogP contribution in [-0.2, 0) is 0 Å². The number of hydrogen-bond acceptors (Lipinski definition) is 3. The van der Waals surface area contributed by atoms with E-state index in [0.29, 0.717) is 18.8 Å². The first-order valence-corrected chi connectivity index (χ1v) is 8.76. The molecular formula is C18H28N2O2. The van der Waals surface area contributed by atoms with Gasteiger partial charge in [0.2, 0.25) is 6.04 Å². The fraction of sp³-hybridized carbons (Fsp3) is 0.833. The van der Waals surface area contributed by atoms with E-state index in [9.17, 15) is 15.4 Å². The van der Waals surface area contributed by atoms with E-state index >= 15 is 0 Å². The molecule has 2 saturated carbocycles. The zero-order valence-electron chi connectivity index (χ0n) is 13.8. The molecule has 0 unspecified atom stereocenters. The van der Waals surface area contributed by atoms with Gasteiger partial charge in [-0.15, -0.1) is 0 Å². The molecule has 2 rings (SSSR count). The van der Waals surface area contributed by atoms with Gasteiger partial charge in [-0.2, -0.15) is 5.26 Å². The molecule has 0 saturated heterocycles. The third-order valence-electron chi connectivity index (χ3n) is 5.74. The Morgan fingerprint density at radius 3 is 2.18 bits per heavy atom. The van der Waals surface area contributed by atoms with Gasteiger partial charge in [-0.3, -0.25) is 10.1 Å². The number of nitro groups is 1. The van der Waals surface area contributed by atoms with Crippen molar-refractivity contribution in [3.05, 3.63) is 21.8 Å². The topological polar surface area (TPSA) is 66.9 Å². The Morgan fingerprint density at radius 1 is 1.14 bits per heavy atom. The molecule has 0 aromatic heterocycles. The molecule has 0 aromatic rings. The van der Waals surface area contributed by atoms with E-state index in [1.165, 1.54) is 25.7 Å². The molecule has 2 aliphatic rings. The van der Waals surface area contributed by atoms with Gasteiger partial charge in [-0.1, -0.05) is 19.9 Å². The van der Waals surface area contributed by atoms with Crippen molar-refractivity contribution in [1.29, 1.82) is 5.26 Å². The van der Waals surface area contributed by atoms with Gasteiger partial charge in [-0.25, -0.2) is 0 Å². The highest BCUT2D eigenvalue weighted by molar-refractivity contribution is 5.25. The maximum Gasteiger partial charge on any atom is 0.213 e. The van der Waals surface area contributed by atoms with Crippen molar-refractivity contribution in [1.82, 2.24) is 0 Å². The van der Waals surface area contributed by atoms with Gasteiger partial charge in [0.05, 0.1) is 6.07 Å². The lowest BCUT2D eigenvalue weighted by Crippen LogP contribution is -2.26. The number of allylic oxidation sites excluding steroid dienone is 2. The van der Waals surface area contributed by atoms with Crippen LogP contribution in [0.15, 0.2) is 11.6 Å². The molecule has 0 radical (unpaired) electrons. The molecule has 0 amide bonds. The first kappa shape index (κ1) is 17.0. The molecule has 0 aliphatic heterocycles. The fourth-order valence-corrected chi connectivity index (χ4v) is 4.09. The van der Waals surface area contributed by atoms with Crippen molar-refractivity contribution in [2.24, 2.45) is 23.7 Å². The summed E-state index contributed by atoms with van der Waals surface area (Å²) in [5, 5.41) is 20.3. The molecule has 2 fully saturated rings. The van der Waals surface area contributed by atoms with Crippen LogP contribution in [0.1, 0.15) is 65.2 Å². The highest BCUT2D eigenvalue weighted by Gasteiger charge is 2.31. The molecule has 0 heterocycles. The monoisotopic (exact) mass is 304 g/mol. The fourth-order valence-electron chi connectivity index (χ4n) is 4.09. The van der Waals surface area contributed by atoms with E-state index in [-0.39, 0.29) is 10.8 Å². The van der Waals surface area contributed by atoms with Gasteiger partial charge < -0.3 is 0 Å². The molecule has 0 atom stereocenters. The summed E-state index contributed by atoms with van der Waals surface area (Å²) in [5.74, 6) is 2.39. The molecule has 4 heteroatoms. The highest BCUT2D eigenvalue weighted by atomic mass is 16.6. The quantitative estimate of drug-likeness (QED) is 0.428. The van der Waals surface area contributed by atoms with Crippen LogP contribution in [0, 0.1) is 45.1 Å². The second-order valence-corrected chi connectivity index (χ2v) is 7.44. The highest BCUT2D eigenvalue weighted by Crippen LogP contribution is 2.37. The predicted molar refractivity (Wildman–Crippen MR) is 86.7 cm³/mol. The Labute approximate surface area is 133 Å². The summed E-state index contributed by atoms with van der Waals surface area (Å²) in [7, 11) is 0. The van der Waals surface area contributed by atoms with Gasteiger partial charge in [0.25, 0.3) is 0 Å². The zero-order chi connectivity index (χ0) is 16.1. The van der Waals surface area contributed by atoms with Crippen molar-refractivity contribution < 1.29 is 4.92 Å². The van der Waals surface area contributed by atoms with Crippen LogP contribution < -0.4 is 0 Å². The lowest BCUT2D eigenvalue weighted by molar-refractivity contribution is -0.526. The van der Waals surface area contributed by atoms with E-state index in [1.807, 2.05) is 0 Å². The molecule has 0 N–H and O–H groups in total. The molecule has 22 heavy (non-hydrogen) atoms. The minimum absolute atomic E-state index is 0.154. The summed E-state index contributed by atoms with van der Waals surface area (Å²) in [6, 6.07) is 2.00. The maximum atomic E-state index is 10.8. The van der Waals surface area contributed by atoms with Crippen molar-refractivity contribution in [2.45, 2.75) is 71.3 Å². The third-order valence-corrected chi connectivity index (χ3v) is 5.74. The van der Waals surface area contributed by atoms with Crippen LogP contribution >= 0.6 is 0 Å².